The number of aryl methyl sites for hydroxylation is 2. The fourth-order valence-corrected chi connectivity index (χ4v) is 4.64. The molecule has 5 aromatic rings. The number of aromatic nitrogens is 6. The maximum atomic E-state index is 13.9. The number of hydrogen-bond acceptors (Lipinski definition) is 4. The minimum Gasteiger partial charge on any atom is -0.275 e. The summed E-state index contributed by atoms with van der Waals surface area (Å²) in [6.07, 6.45) is -3.05. The third-order valence-corrected chi connectivity index (χ3v) is 6.42. The summed E-state index contributed by atoms with van der Waals surface area (Å²) in [5.74, 6) is -0.195. The molecule has 11 heteroatoms. The smallest absolute Gasteiger partial charge is 0.275 e. The topological polar surface area (TPSA) is 61.4 Å². The van der Waals surface area contributed by atoms with Crippen molar-refractivity contribution in [1.29, 1.82) is 0 Å². The van der Waals surface area contributed by atoms with Crippen LogP contribution in [0.3, 0.4) is 0 Å². The van der Waals surface area contributed by atoms with Crippen LogP contribution in [0.4, 0.5) is 13.2 Å². The van der Waals surface area contributed by atoms with Crippen molar-refractivity contribution in [2.45, 2.75) is 13.1 Å². The summed E-state index contributed by atoms with van der Waals surface area (Å²) < 4.78 is 46.3. The number of halogens is 5. The third-order valence-electron chi connectivity index (χ3n) is 5.43. The summed E-state index contributed by atoms with van der Waals surface area (Å²) in [5, 5.41) is 8.90. The molecule has 0 saturated heterocycles. The van der Waals surface area contributed by atoms with Crippen LogP contribution in [0.1, 0.15) is 11.4 Å². The molecule has 6 nitrogen and oxygen atoms in total. The molecule has 3 heterocycles. The Hall–Kier alpha value is -3.31. The van der Waals surface area contributed by atoms with E-state index in [4.69, 9.17) is 0 Å². The summed E-state index contributed by atoms with van der Waals surface area (Å²) in [4.78, 5) is 8.40. The molecular weight excluding hydrogens is 601 g/mol. The van der Waals surface area contributed by atoms with Gasteiger partial charge in [-0.05, 0) is 43.3 Å². The SMILES string of the molecule is Cc1nn(C)cc1-c1cc(C(F)(F)F)nc(-n2nc(-c3cccc(Br)c3)cc2-c2cccc(Br)c2)n1. The predicted molar refractivity (Wildman–Crippen MR) is 137 cm³/mol. The van der Waals surface area contributed by atoms with Crippen molar-refractivity contribution in [1.82, 2.24) is 29.5 Å². The summed E-state index contributed by atoms with van der Waals surface area (Å²) >= 11 is 6.93. The fraction of sp³-hybridized carbons (Fsp3) is 0.120. The molecule has 0 saturated carbocycles. The van der Waals surface area contributed by atoms with Crippen molar-refractivity contribution in [2.24, 2.45) is 7.05 Å². The maximum Gasteiger partial charge on any atom is 0.433 e. The molecule has 0 bridgehead atoms. The first-order valence-corrected chi connectivity index (χ1v) is 12.3. The van der Waals surface area contributed by atoms with Crippen LogP contribution >= 0.6 is 31.9 Å². The molecule has 0 aliphatic rings. The van der Waals surface area contributed by atoms with E-state index in [0.717, 1.165) is 26.1 Å². The van der Waals surface area contributed by atoms with E-state index in [2.05, 4.69) is 52.0 Å². The van der Waals surface area contributed by atoms with Gasteiger partial charge in [-0.15, -0.1) is 0 Å². The van der Waals surface area contributed by atoms with Crippen LogP contribution < -0.4 is 0 Å². The quantitative estimate of drug-likeness (QED) is 0.213. The zero-order valence-electron chi connectivity index (χ0n) is 18.9. The van der Waals surface area contributed by atoms with E-state index in [1.54, 1.807) is 20.2 Å². The lowest BCUT2D eigenvalue weighted by Gasteiger charge is -2.12. The van der Waals surface area contributed by atoms with Crippen molar-refractivity contribution < 1.29 is 13.2 Å². The van der Waals surface area contributed by atoms with E-state index in [1.807, 2.05) is 54.6 Å². The second-order valence-electron chi connectivity index (χ2n) is 8.09. The van der Waals surface area contributed by atoms with Gasteiger partial charge in [0.2, 0.25) is 0 Å². The van der Waals surface area contributed by atoms with Crippen molar-refractivity contribution in [3.8, 4) is 39.7 Å². The molecule has 0 aliphatic heterocycles. The Balaban J connectivity index is 1.78. The molecule has 0 spiro atoms. The molecule has 0 fully saturated rings. The van der Waals surface area contributed by atoms with E-state index >= 15 is 0 Å². The van der Waals surface area contributed by atoms with Gasteiger partial charge in [-0.3, -0.25) is 4.68 Å². The van der Waals surface area contributed by atoms with Gasteiger partial charge in [0.25, 0.3) is 5.95 Å². The van der Waals surface area contributed by atoms with Crippen LogP contribution in [-0.4, -0.2) is 29.5 Å². The lowest BCUT2D eigenvalue weighted by molar-refractivity contribution is -0.141. The van der Waals surface area contributed by atoms with Crippen LogP contribution in [-0.2, 0) is 13.2 Å². The zero-order chi connectivity index (χ0) is 25.6. The molecule has 0 unspecified atom stereocenters. The lowest BCUT2D eigenvalue weighted by Crippen LogP contribution is -2.14. The highest BCUT2D eigenvalue weighted by Gasteiger charge is 2.34. The minimum atomic E-state index is -4.68. The van der Waals surface area contributed by atoms with Crippen LogP contribution in [0.2, 0.25) is 0 Å². The van der Waals surface area contributed by atoms with Gasteiger partial charge in [0.15, 0.2) is 5.69 Å². The number of alkyl halides is 3. The largest absolute Gasteiger partial charge is 0.433 e. The number of rotatable bonds is 4. The van der Waals surface area contributed by atoms with E-state index in [1.165, 1.54) is 9.36 Å². The van der Waals surface area contributed by atoms with E-state index in [-0.39, 0.29) is 11.6 Å². The lowest BCUT2D eigenvalue weighted by atomic mass is 10.1. The monoisotopic (exact) mass is 616 g/mol. The Morgan fingerprint density at radius 3 is 2.08 bits per heavy atom. The molecule has 2 aromatic carbocycles. The zero-order valence-corrected chi connectivity index (χ0v) is 22.1. The second-order valence-corrected chi connectivity index (χ2v) is 9.92. The minimum absolute atomic E-state index is 0.109. The number of hydrogen-bond donors (Lipinski definition) is 0. The molecule has 0 N–H and O–H groups in total. The summed E-state index contributed by atoms with van der Waals surface area (Å²) in [7, 11) is 1.70. The van der Waals surface area contributed by atoms with Crippen LogP contribution in [0.15, 0.2) is 75.8 Å². The van der Waals surface area contributed by atoms with Crippen molar-refractivity contribution in [3.63, 3.8) is 0 Å². The van der Waals surface area contributed by atoms with E-state index < -0.39 is 11.9 Å². The van der Waals surface area contributed by atoms with Gasteiger partial charge >= 0.3 is 6.18 Å². The fourth-order valence-electron chi connectivity index (χ4n) is 3.84. The second kappa shape index (κ2) is 9.29. The Bertz CT molecular complexity index is 1590. The Kier molecular flexibility index (Phi) is 6.29. The molecule has 0 atom stereocenters. The summed E-state index contributed by atoms with van der Waals surface area (Å²) in [6.45, 7) is 1.72. The highest BCUT2D eigenvalue weighted by Crippen LogP contribution is 2.34. The average Bonchev–Trinajstić information content (AvgIpc) is 3.41. The number of benzene rings is 2. The first-order valence-electron chi connectivity index (χ1n) is 10.7. The van der Waals surface area contributed by atoms with E-state index in [0.29, 0.717) is 22.6 Å². The Morgan fingerprint density at radius 1 is 0.806 bits per heavy atom. The molecule has 5 rings (SSSR count). The van der Waals surface area contributed by atoms with Crippen molar-refractivity contribution in [3.05, 3.63) is 87.2 Å². The molecule has 0 aliphatic carbocycles. The van der Waals surface area contributed by atoms with Crippen LogP contribution in [0.25, 0.3) is 39.7 Å². The Labute approximate surface area is 221 Å². The predicted octanol–water partition coefficient (Wildman–Crippen LogP) is 7.25. The van der Waals surface area contributed by atoms with Gasteiger partial charge in [-0.2, -0.15) is 28.1 Å². The third kappa shape index (κ3) is 4.85. The van der Waals surface area contributed by atoms with Crippen molar-refractivity contribution in [2.75, 3.05) is 0 Å². The van der Waals surface area contributed by atoms with Crippen LogP contribution in [0.5, 0.6) is 0 Å². The normalized spacial score (nSPS) is 11.8. The van der Waals surface area contributed by atoms with Gasteiger partial charge in [0, 0.05) is 38.9 Å². The van der Waals surface area contributed by atoms with E-state index in [9.17, 15) is 13.2 Å². The molecule has 0 amide bonds. The van der Waals surface area contributed by atoms with Gasteiger partial charge in [-0.25, -0.2) is 9.97 Å². The highest BCUT2D eigenvalue weighted by molar-refractivity contribution is 9.10. The van der Waals surface area contributed by atoms with Gasteiger partial charge in [0.05, 0.1) is 22.8 Å². The molecular formula is C25H17Br2F3N6. The number of nitrogens with zero attached hydrogens (tertiary/aromatic N) is 6. The first kappa shape index (κ1) is 24.4. The van der Waals surface area contributed by atoms with Crippen molar-refractivity contribution >= 4 is 31.9 Å². The Morgan fingerprint density at radius 2 is 1.47 bits per heavy atom. The molecule has 3 aromatic heterocycles. The summed E-state index contributed by atoms with van der Waals surface area (Å²) in [5.41, 5.74) is 2.70. The molecule has 36 heavy (non-hydrogen) atoms. The highest BCUT2D eigenvalue weighted by atomic mass is 79.9. The molecule has 182 valence electrons. The molecule has 0 radical (unpaired) electrons. The first-order chi connectivity index (χ1) is 17.1. The van der Waals surface area contributed by atoms with Gasteiger partial charge in [0.1, 0.15) is 0 Å². The average molecular weight is 618 g/mol. The standard InChI is InChI=1S/C25H17Br2F3N6/c1-14-19(13-35(2)33-14)21-12-23(25(28,29)30)32-24(31-21)36-22(16-6-4-8-18(27)10-16)11-20(34-36)15-5-3-7-17(26)9-15/h3-13H,1-2H3. The maximum absolute atomic E-state index is 13.9. The van der Waals surface area contributed by atoms with Gasteiger partial charge < -0.3 is 0 Å². The summed E-state index contributed by atoms with van der Waals surface area (Å²) in [6, 6.07) is 17.7. The van der Waals surface area contributed by atoms with Crippen LogP contribution in [0, 0.1) is 6.92 Å². The van der Waals surface area contributed by atoms with Gasteiger partial charge in [-0.1, -0.05) is 56.1 Å².